The normalized spacial score (nSPS) is 19.3. The Hall–Kier alpha value is -3.63. The fraction of sp³-hybridized carbons (Fsp3) is 0.350. The summed E-state index contributed by atoms with van der Waals surface area (Å²) in [5.74, 6) is 0.377. The van der Waals surface area contributed by atoms with Gasteiger partial charge in [-0.15, -0.1) is 0 Å². The summed E-state index contributed by atoms with van der Waals surface area (Å²) in [5, 5.41) is 3.48. The smallest absolute Gasteiger partial charge is 0.280 e. The first kappa shape index (κ1) is 19.3. The van der Waals surface area contributed by atoms with E-state index in [4.69, 9.17) is 4.52 Å². The van der Waals surface area contributed by atoms with Gasteiger partial charge in [-0.1, -0.05) is 11.2 Å². The number of piperidine rings is 1. The Morgan fingerprint density at radius 1 is 1.13 bits per heavy atom. The first-order chi connectivity index (χ1) is 15.0. The highest BCUT2D eigenvalue weighted by atomic mass is 19.2. The van der Waals surface area contributed by atoms with Gasteiger partial charge in [0.25, 0.3) is 5.56 Å². The monoisotopic (exact) mass is 427 g/mol. The Bertz CT molecular complexity index is 1270. The van der Waals surface area contributed by atoms with Crippen LogP contribution in [0.4, 0.5) is 14.5 Å². The molecule has 9 nitrogen and oxygen atoms in total. The van der Waals surface area contributed by atoms with E-state index in [2.05, 4.69) is 20.1 Å². The molecule has 2 fully saturated rings. The number of hydrogen-bond donors (Lipinski definition) is 0. The average molecular weight is 427 g/mol. The van der Waals surface area contributed by atoms with E-state index in [-0.39, 0.29) is 12.1 Å². The molecule has 1 aliphatic heterocycles. The SMILES string of the molecule is Cn1cnc2ncn(Cc3ncno3)c(=O)c21.Fc1cccc(N2C[C@H]3C[C@H]3C2)c1F. The molecular weight excluding hydrogens is 408 g/mol. The molecule has 3 aromatic heterocycles. The van der Waals surface area contributed by atoms with Crippen LogP contribution < -0.4 is 10.5 Å². The highest BCUT2D eigenvalue weighted by Crippen LogP contribution is 2.46. The van der Waals surface area contributed by atoms with Gasteiger partial charge in [-0.25, -0.2) is 18.7 Å². The van der Waals surface area contributed by atoms with E-state index in [1.54, 1.807) is 30.1 Å². The molecule has 0 bridgehead atoms. The van der Waals surface area contributed by atoms with Gasteiger partial charge in [0.15, 0.2) is 29.1 Å². The molecule has 4 aromatic rings. The topological polar surface area (TPSA) is 94.9 Å². The molecule has 1 aromatic carbocycles. The van der Waals surface area contributed by atoms with E-state index in [1.807, 2.05) is 4.90 Å². The molecular formula is C20H19F2N7O2. The van der Waals surface area contributed by atoms with Crippen molar-refractivity contribution in [3.8, 4) is 0 Å². The first-order valence-electron chi connectivity index (χ1n) is 9.82. The van der Waals surface area contributed by atoms with Crippen molar-refractivity contribution in [1.29, 1.82) is 0 Å². The Morgan fingerprint density at radius 3 is 2.65 bits per heavy atom. The second-order valence-electron chi connectivity index (χ2n) is 7.77. The maximum atomic E-state index is 13.4. The molecule has 1 aliphatic carbocycles. The number of benzene rings is 1. The van der Waals surface area contributed by atoms with Crippen molar-refractivity contribution in [1.82, 2.24) is 29.2 Å². The van der Waals surface area contributed by atoms with Gasteiger partial charge < -0.3 is 14.0 Å². The highest BCUT2D eigenvalue weighted by Gasteiger charge is 2.45. The fourth-order valence-electron chi connectivity index (χ4n) is 3.93. The lowest BCUT2D eigenvalue weighted by molar-refractivity contribution is 0.368. The van der Waals surface area contributed by atoms with Crippen LogP contribution >= 0.6 is 0 Å². The van der Waals surface area contributed by atoms with Crippen LogP contribution in [0.3, 0.4) is 0 Å². The van der Waals surface area contributed by atoms with Gasteiger partial charge in [-0.3, -0.25) is 9.36 Å². The lowest BCUT2D eigenvalue weighted by atomic mass is 10.2. The maximum absolute atomic E-state index is 13.4. The van der Waals surface area contributed by atoms with E-state index < -0.39 is 11.6 Å². The highest BCUT2D eigenvalue weighted by molar-refractivity contribution is 5.68. The van der Waals surface area contributed by atoms with E-state index in [9.17, 15) is 13.6 Å². The second-order valence-corrected chi connectivity index (χ2v) is 7.77. The summed E-state index contributed by atoms with van der Waals surface area (Å²) in [5.41, 5.74) is 1.12. The van der Waals surface area contributed by atoms with Gasteiger partial charge in [-0.05, 0) is 30.4 Å². The first-order valence-corrected chi connectivity index (χ1v) is 9.82. The van der Waals surface area contributed by atoms with Crippen LogP contribution in [0.5, 0.6) is 0 Å². The average Bonchev–Trinajstić information content (AvgIpc) is 3.14. The van der Waals surface area contributed by atoms with Crippen molar-refractivity contribution >= 4 is 16.9 Å². The summed E-state index contributed by atoms with van der Waals surface area (Å²) in [6.07, 6.45) is 5.53. The molecule has 4 heterocycles. The van der Waals surface area contributed by atoms with E-state index >= 15 is 0 Å². The van der Waals surface area contributed by atoms with Gasteiger partial charge >= 0.3 is 0 Å². The van der Waals surface area contributed by atoms with E-state index in [0.717, 1.165) is 31.0 Å². The van der Waals surface area contributed by atoms with Crippen molar-refractivity contribution < 1.29 is 13.3 Å². The number of halogens is 2. The number of aromatic nitrogens is 6. The Balaban J connectivity index is 0.000000134. The predicted molar refractivity (Wildman–Crippen MR) is 106 cm³/mol. The van der Waals surface area contributed by atoms with Gasteiger partial charge in [0.2, 0.25) is 5.89 Å². The van der Waals surface area contributed by atoms with Crippen molar-refractivity contribution in [2.45, 2.75) is 13.0 Å². The minimum Gasteiger partial charge on any atom is -0.369 e. The summed E-state index contributed by atoms with van der Waals surface area (Å²) in [4.78, 5) is 26.0. The van der Waals surface area contributed by atoms with Gasteiger partial charge in [0.1, 0.15) is 12.9 Å². The van der Waals surface area contributed by atoms with Crippen LogP contribution in [0.25, 0.3) is 11.2 Å². The third kappa shape index (κ3) is 3.66. The molecule has 0 unspecified atom stereocenters. The molecule has 2 aliphatic rings. The quantitative estimate of drug-likeness (QED) is 0.493. The van der Waals surface area contributed by atoms with E-state index in [0.29, 0.717) is 22.7 Å². The predicted octanol–water partition coefficient (Wildman–Crippen LogP) is 1.98. The number of nitrogens with zero attached hydrogens (tertiary/aromatic N) is 7. The van der Waals surface area contributed by atoms with Crippen LogP contribution in [-0.4, -0.2) is 42.3 Å². The lowest BCUT2D eigenvalue weighted by Crippen LogP contribution is -2.23. The van der Waals surface area contributed by atoms with Crippen LogP contribution in [-0.2, 0) is 13.6 Å². The Kier molecular flexibility index (Phi) is 4.72. The molecule has 31 heavy (non-hydrogen) atoms. The Labute approximate surface area is 175 Å². The summed E-state index contributed by atoms with van der Waals surface area (Å²) in [6.45, 7) is 1.99. The minimum absolute atomic E-state index is 0.187. The number of anilines is 1. The third-order valence-corrected chi connectivity index (χ3v) is 5.66. The van der Waals surface area contributed by atoms with Crippen LogP contribution in [0.2, 0.25) is 0 Å². The maximum Gasteiger partial charge on any atom is 0.280 e. The molecule has 160 valence electrons. The number of rotatable bonds is 3. The fourth-order valence-corrected chi connectivity index (χ4v) is 3.93. The number of imidazole rings is 1. The molecule has 0 amide bonds. The van der Waals surface area contributed by atoms with Crippen molar-refractivity contribution in [2.24, 2.45) is 18.9 Å². The number of hydrogen-bond acceptors (Lipinski definition) is 7. The summed E-state index contributed by atoms with van der Waals surface area (Å²) in [7, 11) is 1.75. The molecule has 0 radical (unpaired) electrons. The third-order valence-electron chi connectivity index (χ3n) is 5.66. The molecule has 6 rings (SSSR count). The van der Waals surface area contributed by atoms with Gasteiger partial charge in [0, 0.05) is 20.1 Å². The Morgan fingerprint density at radius 2 is 1.90 bits per heavy atom. The largest absolute Gasteiger partial charge is 0.369 e. The number of aryl methyl sites for hydroxylation is 1. The van der Waals surface area contributed by atoms with Crippen LogP contribution in [0, 0.1) is 23.5 Å². The van der Waals surface area contributed by atoms with Crippen LogP contribution in [0.15, 0.2) is 46.5 Å². The van der Waals surface area contributed by atoms with Gasteiger partial charge in [0.05, 0.1) is 12.0 Å². The molecule has 1 saturated carbocycles. The van der Waals surface area contributed by atoms with E-state index in [1.165, 1.54) is 23.6 Å². The van der Waals surface area contributed by atoms with Crippen molar-refractivity contribution in [2.75, 3.05) is 18.0 Å². The number of fused-ring (bicyclic) bond motifs is 2. The van der Waals surface area contributed by atoms with Gasteiger partial charge in [-0.2, -0.15) is 4.98 Å². The zero-order valence-electron chi connectivity index (χ0n) is 16.7. The van der Waals surface area contributed by atoms with Crippen molar-refractivity contribution in [3.63, 3.8) is 0 Å². The minimum atomic E-state index is -0.747. The zero-order valence-corrected chi connectivity index (χ0v) is 16.7. The van der Waals surface area contributed by atoms with Crippen molar-refractivity contribution in [3.05, 3.63) is 65.1 Å². The zero-order chi connectivity index (χ0) is 21.5. The molecule has 2 atom stereocenters. The second kappa shape index (κ2) is 7.56. The van der Waals surface area contributed by atoms with Crippen LogP contribution in [0.1, 0.15) is 12.3 Å². The lowest BCUT2D eigenvalue weighted by Gasteiger charge is -2.20. The molecule has 0 N–H and O–H groups in total. The summed E-state index contributed by atoms with van der Waals surface area (Å²) >= 11 is 0. The summed E-state index contributed by atoms with van der Waals surface area (Å²) in [6, 6.07) is 4.39. The molecule has 11 heteroatoms. The molecule has 0 spiro atoms. The molecule has 1 saturated heterocycles. The summed E-state index contributed by atoms with van der Waals surface area (Å²) < 4.78 is 34.2. The standard InChI is InChI=1S/C11H11F2N.C9H8N6O2/c12-9-2-1-3-10(11(9)13)14-5-7-4-8(7)6-14;1-14-4-11-8-7(14)9(16)15(5-12-8)2-6-10-3-13-17-6/h1-3,7-8H,4-6H2;3-5H,2H2,1H3/t7-,8+;.